The third-order valence-electron chi connectivity index (χ3n) is 3.98. The third kappa shape index (κ3) is 5.14. The maximum Gasteiger partial charge on any atom is 0.337 e. The molecule has 0 aliphatic carbocycles. The summed E-state index contributed by atoms with van der Waals surface area (Å²) in [6, 6.07) is 12.0. The van der Waals surface area contributed by atoms with E-state index < -0.39 is 16.0 Å². The van der Waals surface area contributed by atoms with Crippen LogP contribution in [0.15, 0.2) is 42.5 Å². The Morgan fingerprint density at radius 2 is 1.76 bits per heavy atom. The van der Waals surface area contributed by atoms with Gasteiger partial charge >= 0.3 is 5.97 Å². The lowest BCUT2D eigenvalue weighted by Crippen LogP contribution is -2.28. The number of esters is 1. The zero-order chi connectivity index (χ0) is 18.6. The fourth-order valence-corrected chi connectivity index (χ4v) is 4.14. The Bertz CT molecular complexity index is 857. The lowest BCUT2D eigenvalue weighted by Gasteiger charge is -2.17. The molecule has 0 aliphatic rings. The molecule has 0 aliphatic heterocycles. The predicted octanol–water partition coefficient (Wildman–Crippen LogP) is 3.27. The van der Waals surface area contributed by atoms with E-state index in [0.29, 0.717) is 11.1 Å². The quantitative estimate of drug-likeness (QED) is 0.802. The van der Waals surface area contributed by atoms with Crippen LogP contribution in [0.5, 0.6) is 0 Å². The maximum absolute atomic E-state index is 12.4. The van der Waals surface area contributed by atoms with Crippen LogP contribution in [0.2, 0.25) is 0 Å². The van der Waals surface area contributed by atoms with E-state index in [1.165, 1.54) is 7.11 Å². The minimum Gasteiger partial charge on any atom is -0.465 e. The Kier molecular flexibility index (Phi) is 5.98. The van der Waals surface area contributed by atoms with Gasteiger partial charge in [-0.15, -0.1) is 0 Å². The van der Waals surface area contributed by atoms with Crippen molar-refractivity contribution in [1.82, 2.24) is 4.72 Å². The molecule has 1 N–H and O–H groups in total. The highest BCUT2D eigenvalue weighted by Gasteiger charge is 2.18. The van der Waals surface area contributed by atoms with Gasteiger partial charge in [-0.05, 0) is 49.6 Å². The van der Waals surface area contributed by atoms with Gasteiger partial charge in [-0.2, -0.15) is 0 Å². The Hall–Kier alpha value is -2.18. The number of aryl methyl sites for hydroxylation is 2. The summed E-state index contributed by atoms with van der Waals surface area (Å²) in [5.74, 6) is -0.597. The van der Waals surface area contributed by atoms with Gasteiger partial charge in [-0.25, -0.2) is 17.9 Å². The van der Waals surface area contributed by atoms with Crippen molar-refractivity contribution in [2.24, 2.45) is 0 Å². The summed E-state index contributed by atoms with van der Waals surface area (Å²) in [6.07, 6.45) is 0. The minimum absolute atomic E-state index is 0.149. The summed E-state index contributed by atoms with van der Waals surface area (Å²) >= 11 is 0. The monoisotopic (exact) mass is 361 g/mol. The van der Waals surface area contributed by atoms with Crippen LogP contribution < -0.4 is 4.72 Å². The number of nitrogens with one attached hydrogen (secondary N) is 1. The molecule has 0 radical (unpaired) electrons. The van der Waals surface area contributed by atoms with Gasteiger partial charge in [0.2, 0.25) is 10.0 Å². The molecule has 0 bridgehead atoms. The molecule has 5 nitrogen and oxygen atoms in total. The molecule has 6 heteroatoms. The number of carbonyl (C=O) groups is 1. The van der Waals surface area contributed by atoms with Gasteiger partial charge in [0.1, 0.15) is 0 Å². The van der Waals surface area contributed by atoms with Gasteiger partial charge in [0.05, 0.1) is 18.4 Å². The Labute approximate surface area is 149 Å². The fraction of sp³-hybridized carbons (Fsp3) is 0.316. The SMILES string of the molecule is COC(=O)c1ccc(CS(=O)(=O)N[C@H](C)c2ccc(C)cc2C)cc1. The van der Waals surface area contributed by atoms with Crippen LogP contribution in [0.25, 0.3) is 0 Å². The minimum atomic E-state index is -3.51. The van der Waals surface area contributed by atoms with E-state index in [0.717, 1.165) is 16.7 Å². The number of carbonyl (C=O) groups excluding carboxylic acids is 1. The molecule has 0 aromatic heterocycles. The second kappa shape index (κ2) is 7.80. The average Bonchev–Trinajstić information content (AvgIpc) is 2.53. The van der Waals surface area contributed by atoms with Crippen molar-refractivity contribution in [3.63, 3.8) is 0 Å². The van der Waals surface area contributed by atoms with Crippen molar-refractivity contribution in [2.45, 2.75) is 32.6 Å². The van der Waals surface area contributed by atoms with Crippen LogP contribution in [0.1, 0.15) is 45.6 Å². The standard InChI is InChI=1S/C19H23NO4S/c1-13-5-10-18(14(2)11-13)15(3)20-25(22,23)12-16-6-8-17(9-7-16)19(21)24-4/h5-11,15,20H,12H2,1-4H3/t15-/m1/s1. The average molecular weight is 361 g/mol. The molecule has 0 amide bonds. The molecular weight excluding hydrogens is 338 g/mol. The van der Waals surface area contributed by atoms with Gasteiger partial charge in [0, 0.05) is 6.04 Å². The van der Waals surface area contributed by atoms with Crippen molar-refractivity contribution in [1.29, 1.82) is 0 Å². The summed E-state index contributed by atoms with van der Waals surface area (Å²) in [5.41, 5.74) is 4.14. The van der Waals surface area contributed by atoms with E-state index in [9.17, 15) is 13.2 Å². The highest BCUT2D eigenvalue weighted by atomic mass is 32.2. The first-order valence-electron chi connectivity index (χ1n) is 7.96. The largest absolute Gasteiger partial charge is 0.465 e. The predicted molar refractivity (Wildman–Crippen MR) is 97.9 cm³/mol. The summed E-state index contributed by atoms with van der Waals surface area (Å²) in [6.45, 7) is 5.80. The van der Waals surface area contributed by atoms with Crippen molar-refractivity contribution < 1.29 is 17.9 Å². The molecule has 25 heavy (non-hydrogen) atoms. The van der Waals surface area contributed by atoms with Crippen molar-refractivity contribution in [3.8, 4) is 0 Å². The molecule has 1 atom stereocenters. The van der Waals surface area contributed by atoms with Gasteiger partial charge < -0.3 is 4.74 Å². The molecule has 0 saturated heterocycles. The summed E-state index contributed by atoms with van der Waals surface area (Å²) in [7, 11) is -2.21. The molecular formula is C19H23NO4S. The van der Waals surface area contributed by atoms with E-state index in [4.69, 9.17) is 0 Å². The fourth-order valence-electron chi connectivity index (χ4n) is 2.76. The van der Waals surface area contributed by atoms with Gasteiger partial charge in [-0.1, -0.05) is 35.9 Å². The van der Waals surface area contributed by atoms with Crippen LogP contribution in [-0.2, 0) is 20.5 Å². The molecule has 0 heterocycles. The molecule has 0 saturated carbocycles. The molecule has 134 valence electrons. The summed E-state index contributed by atoms with van der Waals surface area (Å²) < 4.78 is 32.2. The first-order valence-corrected chi connectivity index (χ1v) is 9.61. The van der Waals surface area contributed by atoms with Crippen LogP contribution in [0, 0.1) is 13.8 Å². The number of ether oxygens (including phenoxy) is 1. The second-order valence-electron chi connectivity index (χ2n) is 6.15. The Morgan fingerprint density at radius 1 is 1.12 bits per heavy atom. The van der Waals surface area contributed by atoms with Gasteiger partial charge in [0.15, 0.2) is 0 Å². The Morgan fingerprint density at radius 3 is 2.32 bits per heavy atom. The highest BCUT2D eigenvalue weighted by Crippen LogP contribution is 2.20. The first-order chi connectivity index (χ1) is 11.7. The van der Waals surface area contributed by atoms with Crippen molar-refractivity contribution in [3.05, 3.63) is 70.3 Å². The maximum atomic E-state index is 12.4. The van der Waals surface area contributed by atoms with Crippen LogP contribution in [-0.4, -0.2) is 21.5 Å². The van der Waals surface area contributed by atoms with Gasteiger partial charge in [-0.3, -0.25) is 0 Å². The third-order valence-corrected chi connectivity index (χ3v) is 5.41. The zero-order valence-corrected chi connectivity index (χ0v) is 15.7. The number of benzene rings is 2. The number of hydrogen-bond acceptors (Lipinski definition) is 4. The lowest BCUT2D eigenvalue weighted by molar-refractivity contribution is 0.0600. The smallest absolute Gasteiger partial charge is 0.337 e. The van der Waals surface area contributed by atoms with Crippen LogP contribution in [0.4, 0.5) is 0 Å². The Balaban J connectivity index is 2.09. The zero-order valence-electron chi connectivity index (χ0n) is 14.9. The number of hydrogen-bond donors (Lipinski definition) is 1. The first kappa shape index (κ1) is 19.1. The van der Waals surface area contributed by atoms with Crippen molar-refractivity contribution in [2.75, 3.05) is 7.11 Å². The molecule has 2 aromatic rings. The number of sulfonamides is 1. The number of methoxy groups -OCH3 is 1. The highest BCUT2D eigenvalue weighted by molar-refractivity contribution is 7.88. The van der Waals surface area contributed by atoms with E-state index in [2.05, 4.69) is 9.46 Å². The molecule has 2 aromatic carbocycles. The van der Waals surface area contributed by atoms with Crippen LogP contribution >= 0.6 is 0 Å². The van der Waals surface area contributed by atoms with E-state index in [1.807, 2.05) is 39.0 Å². The molecule has 2 rings (SSSR count). The number of rotatable bonds is 6. The molecule has 0 unspecified atom stereocenters. The normalized spacial score (nSPS) is 12.6. The summed E-state index contributed by atoms with van der Waals surface area (Å²) in [5, 5.41) is 0. The van der Waals surface area contributed by atoms with Gasteiger partial charge in [0.25, 0.3) is 0 Å². The second-order valence-corrected chi connectivity index (χ2v) is 7.90. The van der Waals surface area contributed by atoms with Crippen molar-refractivity contribution >= 4 is 16.0 Å². The van der Waals surface area contributed by atoms with E-state index >= 15 is 0 Å². The van der Waals surface area contributed by atoms with E-state index in [1.54, 1.807) is 24.3 Å². The van der Waals surface area contributed by atoms with E-state index in [-0.39, 0.29) is 11.8 Å². The molecule has 0 spiro atoms. The molecule has 0 fully saturated rings. The topological polar surface area (TPSA) is 72.5 Å². The lowest BCUT2D eigenvalue weighted by atomic mass is 10.0. The summed E-state index contributed by atoms with van der Waals surface area (Å²) in [4.78, 5) is 11.4. The van der Waals surface area contributed by atoms with Crippen LogP contribution in [0.3, 0.4) is 0 Å².